The van der Waals surface area contributed by atoms with Gasteiger partial charge in [-0.15, -0.1) is 0 Å². The van der Waals surface area contributed by atoms with Crippen LogP contribution in [-0.2, 0) is 4.43 Å². The molecule has 0 aromatic rings. The molecule has 1 saturated heterocycles. The molecule has 1 saturated carbocycles. The lowest BCUT2D eigenvalue weighted by atomic mass is 9.77. The summed E-state index contributed by atoms with van der Waals surface area (Å²) in [5, 5.41) is 0.989. The maximum atomic E-state index is 7.46. The van der Waals surface area contributed by atoms with Gasteiger partial charge in [-0.1, -0.05) is 102 Å². The van der Waals surface area contributed by atoms with Gasteiger partial charge in [-0.2, -0.15) is 0 Å². The van der Waals surface area contributed by atoms with E-state index in [1.807, 2.05) is 0 Å². The van der Waals surface area contributed by atoms with Crippen molar-refractivity contribution in [3.63, 3.8) is 0 Å². The third-order valence-electron chi connectivity index (χ3n) is 9.94. The maximum absolute atomic E-state index is 7.46. The van der Waals surface area contributed by atoms with E-state index in [9.17, 15) is 0 Å². The van der Waals surface area contributed by atoms with Crippen LogP contribution in [0.1, 0.15) is 116 Å². The molecule has 2 bridgehead atoms. The largest absolute Gasteiger partial charge is 0.413 e. The van der Waals surface area contributed by atoms with Crippen molar-refractivity contribution in [2.24, 2.45) is 11.8 Å². The molecule has 2 aliphatic rings. The van der Waals surface area contributed by atoms with Crippen LogP contribution in [0, 0.1) is 11.8 Å². The van der Waals surface area contributed by atoms with Crippen molar-refractivity contribution in [1.29, 1.82) is 0 Å². The van der Waals surface area contributed by atoms with Crippen molar-refractivity contribution < 1.29 is 4.43 Å². The molecule has 0 spiro atoms. The summed E-state index contributed by atoms with van der Waals surface area (Å²) in [5.74, 6) is 1.71. The van der Waals surface area contributed by atoms with E-state index >= 15 is 0 Å². The highest BCUT2D eigenvalue weighted by molar-refractivity contribution is 6.87. The second-order valence-electron chi connectivity index (χ2n) is 14.0. The minimum absolute atomic E-state index is 0.486. The number of hydrogen-bond acceptors (Lipinski definition) is 1. The first-order valence-corrected chi connectivity index (χ1v) is 17.7. The van der Waals surface area contributed by atoms with Crippen molar-refractivity contribution in [2.75, 3.05) is 0 Å². The van der Waals surface area contributed by atoms with Crippen LogP contribution in [0.4, 0.5) is 0 Å². The summed E-state index contributed by atoms with van der Waals surface area (Å²) in [4.78, 5) is 0. The molecule has 1 heterocycles. The number of rotatable bonds is 7. The lowest BCUT2D eigenvalue weighted by Gasteiger charge is -2.53. The molecule has 178 valence electrons. The Hall–Kier alpha value is 0.394. The van der Waals surface area contributed by atoms with E-state index in [0.29, 0.717) is 32.8 Å². The molecule has 0 aromatic carbocycles. The quantitative estimate of drug-likeness (QED) is 0.349. The third kappa shape index (κ3) is 4.18. The molecule has 2 unspecified atom stereocenters. The van der Waals surface area contributed by atoms with Crippen LogP contribution in [0.5, 0.6) is 0 Å². The van der Waals surface area contributed by atoms with Crippen LogP contribution >= 0.6 is 0 Å². The van der Waals surface area contributed by atoms with Crippen LogP contribution in [0.15, 0.2) is 0 Å². The topological polar surface area (TPSA) is 9.23 Å². The van der Waals surface area contributed by atoms with E-state index < -0.39 is 16.4 Å². The summed E-state index contributed by atoms with van der Waals surface area (Å²) >= 11 is 0. The second kappa shape index (κ2) is 8.97. The van der Waals surface area contributed by atoms with Crippen molar-refractivity contribution in [3.8, 4) is 0 Å². The molecule has 30 heavy (non-hydrogen) atoms. The van der Waals surface area contributed by atoms with Gasteiger partial charge < -0.3 is 4.43 Å². The SMILES string of the molecule is CC[C@H](O[Si](C(C)C)(C(C)C)C(C)C)[C@H]1CCC2CC1C[Si]2(C(C)(C)C)C(C)(C)C. The van der Waals surface area contributed by atoms with E-state index in [0.717, 1.165) is 17.4 Å². The highest BCUT2D eigenvalue weighted by Crippen LogP contribution is 2.69. The normalized spacial score (nSPS) is 28.6. The van der Waals surface area contributed by atoms with Crippen molar-refractivity contribution in [2.45, 2.75) is 160 Å². The van der Waals surface area contributed by atoms with E-state index in [2.05, 4.69) is 90.0 Å². The summed E-state index contributed by atoms with van der Waals surface area (Å²) < 4.78 is 7.46. The van der Waals surface area contributed by atoms with Gasteiger partial charge >= 0.3 is 0 Å². The van der Waals surface area contributed by atoms with Crippen LogP contribution in [-0.4, -0.2) is 22.5 Å². The van der Waals surface area contributed by atoms with Gasteiger partial charge in [0.1, 0.15) is 0 Å². The first kappa shape index (κ1) is 26.6. The molecule has 3 heteroatoms. The summed E-state index contributed by atoms with van der Waals surface area (Å²) in [7, 11) is -3.26. The van der Waals surface area contributed by atoms with Gasteiger partial charge in [0.15, 0.2) is 0 Å². The Labute approximate surface area is 192 Å². The average Bonchev–Trinajstić information content (AvgIpc) is 2.89. The van der Waals surface area contributed by atoms with E-state index in [1.165, 1.54) is 25.7 Å². The fourth-order valence-electron chi connectivity index (χ4n) is 9.15. The molecular weight excluding hydrogens is 396 g/mol. The third-order valence-corrected chi connectivity index (χ3v) is 24.5. The molecule has 0 N–H and O–H groups in total. The van der Waals surface area contributed by atoms with Crippen LogP contribution in [0.3, 0.4) is 0 Å². The number of hydrogen-bond donors (Lipinski definition) is 0. The van der Waals surface area contributed by atoms with Crippen LogP contribution < -0.4 is 0 Å². The smallest absolute Gasteiger partial charge is 0.200 e. The van der Waals surface area contributed by atoms with Crippen molar-refractivity contribution in [3.05, 3.63) is 0 Å². The average molecular weight is 453 g/mol. The fourth-order valence-corrected chi connectivity index (χ4v) is 23.7. The Balaban J connectivity index is 2.37. The lowest BCUT2D eigenvalue weighted by Crippen LogP contribution is -2.52. The minimum atomic E-state index is -1.82. The van der Waals surface area contributed by atoms with E-state index in [1.54, 1.807) is 6.04 Å². The highest BCUT2D eigenvalue weighted by atomic mass is 28.4. The predicted octanol–water partition coefficient (Wildman–Crippen LogP) is 9.81. The maximum Gasteiger partial charge on any atom is 0.200 e. The monoisotopic (exact) mass is 452 g/mol. The molecule has 1 aliphatic heterocycles. The molecule has 0 aromatic heterocycles. The Kier molecular flexibility index (Phi) is 7.97. The minimum Gasteiger partial charge on any atom is -0.413 e. The first-order chi connectivity index (χ1) is 13.6. The molecule has 0 radical (unpaired) electrons. The summed E-state index contributed by atoms with van der Waals surface area (Å²) in [5.41, 5.74) is 3.08. The predicted molar refractivity (Wildman–Crippen MR) is 141 cm³/mol. The van der Waals surface area contributed by atoms with Gasteiger partial charge in [-0.3, -0.25) is 0 Å². The van der Waals surface area contributed by atoms with Crippen molar-refractivity contribution in [1.82, 2.24) is 0 Å². The molecular formula is C27H56OSi2. The second-order valence-corrected chi connectivity index (χ2v) is 25.6. The van der Waals surface area contributed by atoms with Gasteiger partial charge in [0, 0.05) is 6.10 Å². The van der Waals surface area contributed by atoms with Gasteiger partial charge in [0.2, 0.25) is 8.32 Å². The highest BCUT2D eigenvalue weighted by Gasteiger charge is 2.64. The molecule has 2 rings (SSSR count). The van der Waals surface area contributed by atoms with Gasteiger partial charge in [-0.05, 0) is 63.3 Å². The zero-order chi connectivity index (χ0) is 23.3. The summed E-state index contributed by atoms with van der Waals surface area (Å²) in [6.45, 7) is 32.6. The molecule has 4 atom stereocenters. The molecule has 1 aliphatic carbocycles. The summed E-state index contributed by atoms with van der Waals surface area (Å²) in [6, 6.07) is 1.55. The Morgan fingerprint density at radius 1 is 0.833 bits per heavy atom. The Morgan fingerprint density at radius 3 is 1.67 bits per heavy atom. The zero-order valence-corrected chi connectivity index (χ0v) is 25.0. The van der Waals surface area contributed by atoms with Gasteiger partial charge in [-0.25, -0.2) is 0 Å². The Morgan fingerprint density at radius 2 is 1.30 bits per heavy atom. The lowest BCUT2D eigenvalue weighted by molar-refractivity contribution is 0.0612. The van der Waals surface area contributed by atoms with Crippen molar-refractivity contribution >= 4 is 16.4 Å². The number of fused-ring (bicyclic) bond motifs is 2. The van der Waals surface area contributed by atoms with Gasteiger partial charge in [0.25, 0.3) is 0 Å². The molecule has 1 nitrogen and oxygen atoms in total. The van der Waals surface area contributed by atoms with Gasteiger partial charge in [0.05, 0.1) is 8.07 Å². The summed E-state index contributed by atoms with van der Waals surface area (Å²) in [6.07, 6.45) is 6.09. The van der Waals surface area contributed by atoms with Crippen LogP contribution in [0.2, 0.25) is 38.3 Å². The standard InChI is InChI=1S/C27H56OSi2/c1-14-25(28-30(19(2)3,20(4)5)21(6)7)24-16-15-23-17-22(24)18-29(23,26(8,9)10)27(11,12)13/h19-25H,14-18H2,1-13H3/t22?,23?,24-,25-/m0/s1. The zero-order valence-electron chi connectivity index (χ0n) is 23.0. The fraction of sp³-hybridized carbons (Fsp3) is 1.00. The van der Waals surface area contributed by atoms with E-state index in [4.69, 9.17) is 4.43 Å². The Bertz CT molecular complexity index is 531. The molecule has 0 amide bonds. The first-order valence-electron chi connectivity index (χ1n) is 13.2. The van der Waals surface area contributed by atoms with Crippen LogP contribution in [0.25, 0.3) is 0 Å². The van der Waals surface area contributed by atoms with E-state index in [-0.39, 0.29) is 0 Å². The molecule has 2 fully saturated rings.